The average Bonchev–Trinajstić information content (AvgIpc) is 3.11. The minimum absolute atomic E-state index is 0.00380. The zero-order chi connectivity index (χ0) is 16.8. The Bertz CT molecular complexity index is 793. The number of hydrogen-bond acceptors (Lipinski definition) is 3. The smallest absolute Gasteiger partial charge is 0.234 e. The maximum atomic E-state index is 12.1. The standard InChI is InChI=1S/C19H22N4O/c1-15(17-9-4-7-16-6-2-3-8-18(16)17)22-19(24)14-20-11-13-23-12-5-10-21-23/h2-10,12,15,20H,11,13-14H2,1H3,(H,22,24)/t15-/m0/s1. The second-order valence-electron chi connectivity index (χ2n) is 5.80. The first-order valence-corrected chi connectivity index (χ1v) is 8.19. The highest BCUT2D eigenvalue weighted by Gasteiger charge is 2.11. The molecule has 0 saturated heterocycles. The van der Waals surface area contributed by atoms with Gasteiger partial charge in [-0.15, -0.1) is 0 Å². The Kier molecular flexibility index (Phi) is 5.23. The lowest BCUT2D eigenvalue weighted by Crippen LogP contribution is -2.36. The molecular weight excluding hydrogens is 300 g/mol. The Morgan fingerprint density at radius 2 is 2.00 bits per heavy atom. The third-order valence-electron chi connectivity index (χ3n) is 4.03. The monoisotopic (exact) mass is 322 g/mol. The SMILES string of the molecule is C[C@H](NC(=O)CNCCn1cccn1)c1cccc2ccccc12. The van der Waals surface area contributed by atoms with E-state index >= 15 is 0 Å². The molecule has 0 unspecified atom stereocenters. The molecule has 3 aromatic rings. The largest absolute Gasteiger partial charge is 0.348 e. The van der Waals surface area contributed by atoms with Gasteiger partial charge in [-0.2, -0.15) is 5.10 Å². The van der Waals surface area contributed by atoms with Crippen molar-refractivity contribution in [3.8, 4) is 0 Å². The summed E-state index contributed by atoms with van der Waals surface area (Å²) in [5, 5.41) is 12.7. The van der Waals surface area contributed by atoms with Crippen molar-refractivity contribution >= 4 is 16.7 Å². The molecule has 3 rings (SSSR count). The van der Waals surface area contributed by atoms with E-state index in [0.29, 0.717) is 13.1 Å². The van der Waals surface area contributed by atoms with E-state index in [4.69, 9.17) is 0 Å². The van der Waals surface area contributed by atoms with E-state index in [0.717, 1.165) is 12.1 Å². The second-order valence-corrected chi connectivity index (χ2v) is 5.80. The lowest BCUT2D eigenvalue weighted by Gasteiger charge is -2.17. The van der Waals surface area contributed by atoms with Crippen molar-refractivity contribution in [3.05, 3.63) is 66.5 Å². The fourth-order valence-electron chi connectivity index (χ4n) is 2.83. The topological polar surface area (TPSA) is 59.0 Å². The van der Waals surface area contributed by atoms with Crippen molar-refractivity contribution in [3.63, 3.8) is 0 Å². The lowest BCUT2D eigenvalue weighted by atomic mass is 10.00. The molecule has 0 aliphatic rings. The quantitative estimate of drug-likeness (QED) is 0.657. The van der Waals surface area contributed by atoms with Crippen LogP contribution < -0.4 is 10.6 Å². The summed E-state index contributed by atoms with van der Waals surface area (Å²) in [6.07, 6.45) is 3.66. The molecular formula is C19H22N4O. The van der Waals surface area contributed by atoms with Crippen LogP contribution in [0.1, 0.15) is 18.5 Å². The van der Waals surface area contributed by atoms with Gasteiger partial charge in [0.25, 0.3) is 0 Å². The van der Waals surface area contributed by atoms with Crippen molar-refractivity contribution < 1.29 is 4.79 Å². The highest BCUT2D eigenvalue weighted by Crippen LogP contribution is 2.23. The van der Waals surface area contributed by atoms with Gasteiger partial charge >= 0.3 is 0 Å². The number of carbonyl (C=O) groups excluding carboxylic acids is 1. The van der Waals surface area contributed by atoms with Gasteiger partial charge in [0.05, 0.1) is 19.1 Å². The molecule has 0 saturated carbocycles. The van der Waals surface area contributed by atoms with E-state index in [1.807, 2.05) is 42.1 Å². The molecule has 24 heavy (non-hydrogen) atoms. The molecule has 2 N–H and O–H groups in total. The Balaban J connectivity index is 1.52. The zero-order valence-corrected chi connectivity index (χ0v) is 13.8. The van der Waals surface area contributed by atoms with Gasteiger partial charge in [0, 0.05) is 18.9 Å². The number of rotatable bonds is 7. The van der Waals surface area contributed by atoms with Crippen LogP contribution in [0.4, 0.5) is 0 Å². The van der Waals surface area contributed by atoms with Crippen molar-refractivity contribution in [2.45, 2.75) is 19.5 Å². The third kappa shape index (κ3) is 4.00. The molecule has 2 aromatic carbocycles. The van der Waals surface area contributed by atoms with Gasteiger partial charge < -0.3 is 10.6 Å². The molecule has 0 radical (unpaired) electrons. The summed E-state index contributed by atoms with van der Waals surface area (Å²) >= 11 is 0. The Hall–Kier alpha value is -2.66. The number of carbonyl (C=O) groups is 1. The van der Waals surface area contributed by atoms with Gasteiger partial charge in [0.2, 0.25) is 5.91 Å². The van der Waals surface area contributed by atoms with Crippen molar-refractivity contribution in [1.29, 1.82) is 0 Å². The van der Waals surface area contributed by atoms with Gasteiger partial charge in [-0.3, -0.25) is 9.48 Å². The molecule has 0 fully saturated rings. The van der Waals surface area contributed by atoms with Crippen molar-refractivity contribution in [2.75, 3.05) is 13.1 Å². The van der Waals surface area contributed by atoms with Gasteiger partial charge in [-0.05, 0) is 29.3 Å². The molecule has 0 aliphatic heterocycles. The molecule has 0 bridgehead atoms. The number of aromatic nitrogens is 2. The highest BCUT2D eigenvalue weighted by molar-refractivity contribution is 5.87. The number of hydrogen-bond donors (Lipinski definition) is 2. The average molecular weight is 322 g/mol. The number of amides is 1. The van der Waals surface area contributed by atoms with Crippen molar-refractivity contribution in [2.24, 2.45) is 0 Å². The summed E-state index contributed by atoms with van der Waals surface area (Å²) in [6.45, 7) is 3.77. The zero-order valence-electron chi connectivity index (χ0n) is 13.8. The normalized spacial score (nSPS) is 12.2. The van der Waals surface area contributed by atoms with E-state index in [1.165, 1.54) is 10.8 Å². The molecule has 0 spiro atoms. The first-order valence-electron chi connectivity index (χ1n) is 8.19. The molecule has 1 amide bonds. The lowest BCUT2D eigenvalue weighted by molar-refractivity contribution is -0.120. The van der Waals surface area contributed by atoms with Crippen LogP contribution in [0, 0.1) is 0 Å². The molecule has 1 heterocycles. The maximum absolute atomic E-state index is 12.1. The van der Waals surface area contributed by atoms with Crippen LogP contribution in [0.3, 0.4) is 0 Å². The molecule has 124 valence electrons. The maximum Gasteiger partial charge on any atom is 0.234 e. The van der Waals surface area contributed by atoms with Crippen LogP contribution in [0.5, 0.6) is 0 Å². The Labute approximate surface area is 141 Å². The van der Waals surface area contributed by atoms with Crippen LogP contribution in [0.2, 0.25) is 0 Å². The van der Waals surface area contributed by atoms with Crippen LogP contribution in [-0.2, 0) is 11.3 Å². The van der Waals surface area contributed by atoms with E-state index in [-0.39, 0.29) is 11.9 Å². The predicted molar refractivity (Wildman–Crippen MR) is 95.6 cm³/mol. The van der Waals surface area contributed by atoms with Crippen LogP contribution >= 0.6 is 0 Å². The number of benzene rings is 2. The highest BCUT2D eigenvalue weighted by atomic mass is 16.1. The Morgan fingerprint density at radius 3 is 2.83 bits per heavy atom. The van der Waals surface area contributed by atoms with Crippen LogP contribution in [-0.4, -0.2) is 28.8 Å². The number of fused-ring (bicyclic) bond motifs is 1. The fraction of sp³-hybridized carbons (Fsp3) is 0.263. The summed E-state index contributed by atoms with van der Waals surface area (Å²) in [5.74, 6) is -0.00380. The van der Waals surface area contributed by atoms with Gasteiger partial charge in [0.15, 0.2) is 0 Å². The fourth-order valence-corrected chi connectivity index (χ4v) is 2.83. The molecule has 5 nitrogen and oxygen atoms in total. The van der Waals surface area contributed by atoms with E-state index in [1.54, 1.807) is 6.20 Å². The van der Waals surface area contributed by atoms with Crippen molar-refractivity contribution in [1.82, 2.24) is 20.4 Å². The van der Waals surface area contributed by atoms with E-state index < -0.39 is 0 Å². The van der Waals surface area contributed by atoms with Crippen LogP contribution in [0.15, 0.2) is 60.9 Å². The second kappa shape index (κ2) is 7.75. The molecule has 1 aromatic heterocycles. The third-order valence-corrected chi connectivity index (χ3v) is 4.03. The molecule has 1 atom stereocenters. The first kappa shape index (κ1) is 16.2. The first-order chi connectivity index (χ1) is 11.7. The minimum atomic E-state index is -0.0310. The summed E-state index contributed by atoms with van der Waals surface area (Å²) in [7, 11) is 0. The van der Waals surface area contributed by atoms with Gasteiger partial charge in [0.1, 0.15) is 0 Å². The predicted octanol–water partition coefficient (Wildman–Crippen LogP) is 2.50. The van der Waals surface area contributed by atoms with E-state index in [2.05, 4.69) is 40.0 Å². The minimum Gasteiger partial charge on any atom is -0.348 e. The van der Waals surface area contributed by atoms with Crippen LogP contribution in [0.25, 0.3) is 10.8 Å². The number of nitrogens with zero attached hydrogens (tertiary/aromatic N) is 2. The Morgan fingerprint density at radius 1 is 1.17 bits per heavy atom. The van der Waals surface area contributed by atoms with E-state index in [9.17, 15) is 4.79 Å². The summed E-state index contributed by atoms with van der Waals surface area (Å²) in [5.41, 5.74) is 1.14. The summed E-state index contributed by atoms with van der Waals surface area (Å²) < 4.78 is 1.84. The summed E-state index contributed by atoms with van der Waals surface area (Å²) in [6, 6.07) is 16.3. The summed E-state index contributed by atoms with van der Waals surface area (Å²) in [4.78, 5) is 12.1. The van der Waals surface area contributed by atoms with Gasteiger partial charge in [-0.25, -0.2) is 0 Å². The molecule has 5 heteroatoms. The molecule has 0 aliphatic carbocycles. The van der Waals surface area contributed by atoms with Gasteiger partial charge in [-0.1, -0.05) is 42.5 Å². The number of nitrogens with one attached hydrogen (secondary N) is 2.